The molecule has 8 nitrogen and oxygen atoms in total. The molecule has 158 valence electrons. The molecule has 29 heavy (non-hydrogen) atoms. The van der Waals surface area contributed by atoms with Crippen LogP contribution < -0.4 is 9.47 Å². The van der Waals surface area contributed by atoms with Crippen molar-refractivity contribution < 1.29 is 22.8 Å². The fraction of sp³-hybridized carbons (Fsp3) is 0.400. The molecular formula is C20H26N2O6S. The fourth-order valence-corrected chi connectivity index (χ4v) is 4.44. The number of ether oxygens (including phenoxy) is 2. The van der Waals surface area contributed by atoms with Crippen molar-refractivity contribution in [2.75, 3.05) is 26.3 Å². The summed E-state index contributed by atoms with van der Waals surface area (Å²) in [4.78, 5) is 10.6. The smallest absolute Gasteiger partial charge is 0.312 e. The topological polar surface area (TPSA) is 99.0 Å². The van der Waals surface area contributed by atoms with Crippen molar-refractivity contribution in [2.45, 2.75) is 32.6 Å². The fourth-order valence-electron chi connectivity index (χ4n) is 2.96. The molecule has 2 rings (SSSR count). The van der Waals surface area contributed by atoms with E-state index in [1.165, 1.54) is 16.4 Å². The zero-order valence-corrected chi connectivity index (χ0v) is 17.9. The van der Waals surface area contributed by atoms with E-state index in [1.807, 2.05) is 32.0 Å². The van der Waals surface area contributed by atoms with Crippen LogP contribution >= 0.6 is 0 Å². The van der Waals surface area contributed by atoms with Crippen molar-refractivity contribution in [1.29, 1.82) is 0 Å². The van der Waals surface area contributed by atoms with Crippen LogP contribution in [0.3, 0.4) is 0 Å². The Morgan fingerprint density at radius 3 is 2.10 bits per heavy atom. The van der Waals surface area contributed by atoms with E-state index in [9.17, 15) is 18.5 Å². The van der Waals surface area contributed by atoms with Gasteiger partial charge in [-0.25, -0.2) is 8.42 Å². The van der Waals surface area contributed by atoms with Gasteiger partial charge in [0.15, 0.2) is 5.75 Å². The molecular weight excluding hydrogens is 396 g/mol. The Labute approximate surface area is 171 Å². The van der Waals surface area contributed by atoms with Gasteiger partial charge in [0.1, 0.15) is 19.0 Å². The van der Waals surface area contributed by atoms with Gasteiger partial charge >= 0.3 is 5.69 Å². The van der Waals surface area contributed by atoms with Gasteiger partial charge in [-0.2, -0.15) is 4.31 Å². The largest absolute Gasteiger partial charge is 0.490 e. The molecule has 0 saturated carbocycles. The Hall–Kier alpha value is -2.65. The number of benzene rings is 2. The molecule has 0 N–H and O–H groups in total. The van der Waals surface area contributed by atoms with Gasteiger partial charge in [-0.3, -0.25) is 10.1 Å². The third-order valence-corrected chi connectivity index (χ3v) is 6.32. The van der Waals surface area contributed by atoms with Crippen molar-refractivity contribution in [3.8, 4) is 11.5 Å². The number of rotatable bonds is 10. The molecule has 0 aliphatic heterocycles. The van der Waals surface area contributed by atoms with Crippen LogP contribution in [0.5, 0.6) is 11.5 Å². The van der Waals surface area contributed by atoms with Crippen LogP contribution in [0.25, 0.3) is 0 Å². The highest BCUT2D eigenvalue weighted by Crippen LogP contribution is 2.31. The Bertz CT molecular complexity index is 951. The highest BCUT2D eigenvalue weighted by molar-refractivity contribution is 7.89. The minimum absolute atomic E-state index is 0.00230. The van der Waals surface area contributed by atoms with Crippen LogP contribution in [0.15, 0.2) is 41.3 Å². The van der Waals surface area contributed by atoms with Gasteiger partial charge in [-0.1, -0.05) is 19.9 Å². The molecule has 2 aromatic carbocycles. The third kappa shape index (κ3) is 5.68. The van der Waals surface area contributed by atoms with E-state index in [-0.39, 0.29) is 36.9 Å². The van der Waals surface area contributed by atoms with Gasteiger partial charge in [-0.15, -0.1) is 0 Å². The van der Waals surface area contributed by atoms with Crippen molar-refractivity contribution in [1.82, 2.24) is 4.31 Å². The zero-order chi connectivity index (χ0) is 21.6. The van der Waals surface area contributed by atoms with Gasteiger partial charge in [0.05, 0.1) is 9.82 Å². The summed E-state index contributed by atoms with van der Waals surface area (Å²) < 4.78 is 37.5. The number of hydrogen-bond acceptors (Lipinski definition) is 6. The summed E-state index contributed by atoms with van der Waals surface area (Å²) in [6, 6.07) is 9.48. The standard InChI is InChI=1S/C20H26N2O6S/c1-5-21(6-2)29(25,26)18-7-8-20(19(14-18)22(23)24)28-10-9-27-17-12-15(3)11-16(4)13-17/h7-8,11-14H,5-6,9-10H2,1-4H3. The summed E-state index contributed by atoms with van der Waals surface area (Å²) in [6.07, 6.45) is 0. The molecule has 0 fully saturated rings. The van der Waals surface area contributed by atoms with E-state index >= 15 is 0 Å². The lowest BCUT2D eigenvalue weighted by Crippen LogP contribution is -2.30. The summed E-state index contributed by atoms with van der Waals surface area (Å²) in [5, 5.41) is 11.4. The summed E-state index contributed by atoms with van der Waals surface area (Å²) >= 11 is 0. The first-order chi connectivity index (χ1) is 13.7. The van der Waals surface area contributed by atoms with Crippen LogP contribution in [-0.4, -0.2) is 43.9 Å². The minimum Gasteiger partial charge on any atom is -0.490 e. The molecule has 0 aliphatic rings. The molecule has 0 amide bonds. The Morgan fingerprint density at radius 2 is 1.55 bits per heavy atom. The average molecular weight is 423 g/mol. The van der Waals surface area contributed by atoms with Crippen molar-refractivity contribution in [3.63, 3.8) is 0 Å². The van der Waals surface area contributed by atoms with Gasteiger partial charge in [0.2, 0.25) is 10.0 Å². The molecule has 0 atom stereocenters. The van der Waals surface area contributed by atoms with E-state index < -0.39 is 20.6 Å². The Kier molecular flexibility index (Phi) is 7.58. The first-order valence-electron chi connectivity index (χ1n) is 9.31. The molecule has 2 aromatic rings. The maximum absolute atomic E-state index is 12.6. The summed E-state index contributed by atoms with van der Waals surface area (Å²) in [7, 11) is -3.79. The molecule has 9 heteroatoms. The molecule has 0 saturated heterocycles. The Balaban J connectivity index is 2.12. The van der Waals surface area contributed by atoms with E-state index in [2.05, 4.69) is 0 Å². The highest BCUT2D eigenvalue weighted by atomic mass is 32.2. The molecule has 0 heterocycles. The van der Waals surface area contributed by atoms with Gasteiger partial charge in [0, 0.05) is 19.2 Å². The van der Waals surface area contributed by atoms with Crippen LogP contribution in [0.4, 0.5) is 5.69 Å². The van der Waals surface area contributed by atoms with E-state index in [0.29, 0.717) is 5.75 Å². The predicted octanol–water partition coefficient (Wildman–Crippen LogP) is 3.70. The minimum atomic E-state index is -3.79. The van der Waals surface area contributed by atoms with Gasteiger partial charge < -0.3 is 9.47 Å². The lowest BCUT2D eigenvalue weighted by molar-refractivity contribution is -0.386. The SMILES string of the molecule is CCN(CC)S(=O)(=O)c1ccc(OCCOc2cc(C)cc(C)c2)c([N+](=O)[O-])c1. The van der Waals surface area contributed by atoms with E-state index in [4.69, 9.17) is 9.47 Å². The molecule has 0 aromatic heterocycles. The summed E-state index contributed by atoms with van der Waals surface area (Å²) in [6.45, 7) is 8.18. The number of nitrogens with zero attached hydrogens (tertiary/aromatic N) is 2. The van der Waals surface area contributed by atoms with Gasteiger partial charge in [0.25, 0.3) is 0 Å². The molecule has 0 bridgehead atoms. The number of nitro benzene ring substituents is 1. The van der Waals surface area contributed by atoms with Crippen LogP contribution in [0.2, 0.25) is 0 Å². The van der Waals surface area contributed by atoms with Crippen LogP contribution in [-0.2, 0) is 10.0 Å². The second kappa shape index (κ2) is 9.71. The number of nitro groups is 1. The molecule has 0 unspecified atom stereocenters. The second-order valence-corrected chi connectivity index (χ2v) is 8.43. The monoisotopic (exact) mass is 422 g/mol. The Morgan fingerprint density at radius 1 is 0.966 bits per heavy atom. The quantitative estimate of drug-likeness (QED) is 0.329. The third-order valence-electron chi connectivity index (χ3n) is 4.28. The first-order valence-corrected chi connectivity index (χ1v) is 10.8. The predicted molar refractivity (Wildman–Crippen MR) is 110 cm³/mol. The number of aryl methyl sites for hydroxylation is 2. The van der Waals surface area contributed by atoms with Crippen molar-refractivity contribution >= 4 is 15.7 Å². The molecule has 0 radical (unpaired) electrons. The van der Waals surface area contributed by atoms with E-state index in [0.717, 1.165) is 17.2 Å². The van der Waals surface area contributed by atoms with E-state index in [1.54, 1.807) is 13.8 Å². The number of hydrogen-bond donors (Lipinski definition) is 0. The molecule has 0 aliphatic carbocycles. The average Bonchev–Trinajstić information content (AvgIpc) is 2.65. The van der Waals surface area contributed by atoms with Crippen molar-refractivity contribution in [3.05, 3.63) is 57.6 Å². The van der Waals surface area contributed by atoms with Crippen LogP contribution in [0.1, 0.15) is 25.0 Å². The lowest BCUT2D eigenvalue weighted by Gasteiger charge is -2.18. The van der Waals surface area contributed by atoms with Gasteiger partial charge in [-0.05, 0) is 49.2 Å². The maximum Gasteiger partial charge on any atom is 0.312 e. The maximum atomic E-state index is 12.6. The second-order valence-electron chi connectivity index (χ2n) is 6.50. The lowest BCUT2D eigenvalue weighted by atomic mass is 10.1. The zero-order valence-electron chi connectivity index (χ0n) is 17.0. The number of sulfonamides is 1. The van der Waals surface area contributed by atoms with Crippen molar-refractivity contribution in [2.24, 2.45) is 0 Å². The highest BCUT2D eigenvalue weighted by Gasteiger charge is 2.26. The first kappa shape index (κ1) is 22.6. The summed E-state index contributed by atoms with van der Waals surface area (Å²) in [5.41, 5.74) is 1.74. The molecule has 0 spiro atoms. The summed E-state index contributed by atoms with van der Waals surface area (Å²) in [5.74, 6) is 0.693. The normalized spacial score (nSPS) is 11.5. The van der Waals surface area contributed by atoms with Crippen LogP contribution in [0, 0.1) is 24.0 Å².